The zero-order chi connectivity index (χ0) is 15.6. The maximum Gasteiger partial charge on any atom is 0.252 e. The normalized spacial score (nSPS) is 17.5. The Balaban J connectivity index is 2.07. The first-order valence-electron chi connectivity index (χ1n) is 6.74. The predicted octanol–water partition coefficient (Wildman–Crippen LogP) is 0.588. The van der Waals surface area contributed by atoms with Crippen molar-refractivity contribution in [3.8, 4) is 5.75 Å². The molecule has 0 aliphatic carbocycles. The van der Waals surface area contributed by atoms with Crippen molar-refractivity contribution in [2.75, 3.05) is 6.54 Å². The molecule has 2 rings (SSSR count). The monoisotopic (exact) mass is 290 g/mol. The van der Waals surface area contributed by atoms with Crippen molar-refractivity contribution in [1.29, 1.82) is 0 Å². The van der Waals surface area contributed by atoms with Gasteiger partial charge in [0.2, 0.25) is 11.8 Å². The summed E-state index contributed by atoms with van der Waals surface area (Å²) in [5, 5.41) is 11.9. The number of amides is 3. The summed E-state index contributed by atoms with van der Waals surface area (Å²) in [6.07, 6.45) is 0.482. The van der Waals surface area contributed by atoms with Crippen molar-refractivity contribution < 1.29 is 19.5 Å². The third kappa shape index (κ3) is 3.04. The van der Waals surface area contributed by atoms with E-state index in [4.69, 9.17) is 0 Å². The van der Waals surface area contributed by atoms with Gasteiger partial charge in [0.05, 0.1) is 0 Å². The highest BCUT2D eigenvalue weighted by molar-refractivity contribution is 6.06. The van der Waals surface area contributed by atoms with Crippen molar-refractivity contribution >= 4 is 17.7 Å². The van der Waals surface area contributed by atoms with Gasteiger partial charge in [-0.1, -0.05) is 18.2 Å². The molecule has 21 heavy (non-hydrogen) atoms. The van der Waals surface area contributed by atoms with Crippen LogP contribution < -0.4 is 5.32 Å². The van der Waals surface area contributed by atoms with E-state index in [-0.39, 0.29) is 24.6 Å². The highest BCUT2D eigenvalue weighted by Crippen LogP contribution is 2.22. The summed E-state index contributed by atoms with van der Waals surface area (Å²) < 4.78 is 0. The zero-order valence-corrected chi connectivity index (χ0v) is 12.0. The molecule has 1 aromatic rings. The fraction of sp³-hybridized carbons (Fsp3) is 0.400. The number of carbonyl (C=O) groups excluding carboxylic acids is 3. The van der Waals surface area contributed by atoms with E-state index in [1.54, 1.807) is 38.1 Å². The Kier molecular flexibility index (Phi) is 3.97. The smallest absolute Gasteiger partial charge is 0.252 e. The molecule has 1 heterocycles. The molecule has 1 aromatic carbocycles. The largest absolute Gasteiger partial charge is 0.508 e. The molecule has 112 valence electrons. The summed E-state index contributed by atoms with van der Waals surface area (Å²) >= 11 is 0. The number of phenols is 1. The van der Waals surface area contributed by atoms with E-state index in [0.29, 0.717) is 12.0 Å². The number of phenolic OH excluding ortho intramolecular Hbond substituents is 1. The summed E-state index contributed by atoms with van der Waals surface area (Å²) in [5.41, 5.74) is -0.388. The van der Waals surface area contributed by atoms with Crippen LogP contribution in [0.1, 0.15) is 25.8 Å². The van der Waals surface area contributed by atoms with Gasteiger partial charge >= 0.3 is 0 Å². The Hall–Kier alpha value is -2.37. The Labute approximate surface area is 122 Å². The molecular weight excluding hydrogens is 272 g/mol. The van der Waals surface area contributed by atoms with Crippen LogP contribution in [0.3, 0.4) is 0 Å². The Bertz CT molecular complexity index is 595. The van der Waals surface area contributed by atoms with Crippen molar-refractivity contribution in [3.05, 3.63) is 29.8 Å². The van der Waals surface area contributed by atoms with Crippen LogP contribution in [0, 0.1) is 0 Å². The van der Waals surface area contributed by atoms with Gasteiger partial charge in [0, 0.05) is 6.42 Å². The van der Waals surface area contributed by atoms with E-state index in [9.17, 15) is 19.5 Å². The van der Waals surface area contributed by atoms with Gasteiger partial charge in [-0.3, -0.25) is 19.7 Å². The molecule has 2 N–H and O–H groups in total. The summed E-state index contributed by atoms with van der Waals surface area (Å²) in [6.45, 7) is 3.08. The minimum atomic E-state index is -1.05. The molecule has 0 bridgehead atoms. The number of benzene rings is 1. The van der Waals surface area contributed by atoms with E-state index >= 15 is 0 Å². The number of imide groups is 1. The van der Waals surface area contributed by atoms with Crippen LogP contribution in [0.25, 0.3) is 0 Å². The third-order valence-electron chi connectivity index (χ3n) is 3.69. The predicted molar refractivity (Wildman–Crippen MR) is 75.4 cm³/mol. The molecule has 0 atom stereocenters. The first-order valence-corrected chi connectivity index (χ1v) is 6.74. The van der Waals surface area contributed by atoms with Crippen molar-refractivity contribution in [2.45, 2.75) is 32.2 Å². The fourth-order valence-electron chi connectivity index (χ4n) is 2.28. The standard InChI is InChI=1S/C15H18N2O4/c1-15(2)14(21)16-12(19)9-17(15)13(20)8-7-10-5-3-4-6-11(10)18/h3-6,18H,7-9H2,1-2H3,(H,16,19,21). The van der Waals surface area contributed by atoms with Gasteiger partial charge in [-0.15, -0.1) is 0 Å². The van der Waals surface area contributed by atoms with E-state index in [2.05, 4.69) is 5.32 Å². The van der Waals surface area contributed by atoms with Crippen LogP contribution in [-0.2, 0) is 20.8 Å². The van der Waals surface area contributed by atoms with Crippen LogP contribution in [0.15, 0.2) is 24.3 Å². The van der Waals surface area contributed by atoms with Crippen molar-refractivity contribution in [3.63, 3.8) is 0 Å². The average Bonchev–Trinajstić information content (AvgIpc) is 2.42. The van der Waals surface area contributed by atoms with Gasteiger partial charge in [-0.25, -0.2) is 0 Å². The number of nitrogens with zero attached hydrogens (tertiary/aromatic N) is 1. The second-order valence-corrected chi connectivity index (χ2v) is 5.54. The van der Waals surface area contributed by atoms with Gasteiger partial charge in [0.1, 0.15) is 17.8 Å². The highest BCUT2D eigenvalue weighted by atomic mass is 16.3. The average molecular weight is 290 g/mol. The second kappa shape index (κ2) is 5.55. The molecule has 0 spiro atoms. The van der Waals surface area contributed by atoms with Crippen molar-refractivity contribution in [1.82, 2.24) is 10.2 Å². The van der Waals surface area contributed by atoms with E-state index < -0.39 is 17.4 Å². The molecular formula is C15H18N2O4. The molecule has 1 saturated heterocycles. The van der Waals surface area contributed by atoms with Gasteiger partial charge in [0.15, 0.2) is 0 Å². The number of para-hydroxylation sites is 1. The lowest BCUT2D eigenvalue weighted by Crippen LogP contribution is -2.65. The number of carbonyl (C=O) groups is 3. The summed E-state index contributed by atoms with van der Waals surface area (Å²) in [5.74, 6) is -1.10. The molecule has 1 aliphatic rings. The minimum Gasteiger partial charge on any atom is -0.508 e. The molecule has 0 aromatic heterocycles. The summed E-state index contributed by atoms with van der Waals surface area (Å²) in [6, 6.07) is 6.78. The molecule has 3 amide bonds. The lowest BCUT2D eigenvalue weighted by atomic mass is 9.97. The molecule has 0 saturated carbocycles. The van der Waals surface area contributed by atoms with E-state index in [1.165, 1.54) is 4.90 Å². The topological polar surface area (TPSA) is 86.7 Å². The van der Waals surface area contributed by atoms with Crippen LogP contribution in [-0.4, -0.2) is 39.8 Å². The molecule has 1 fully saturated rings. The maximum absolute atomic E-state index is 12.3. The van der Waals surface area contributed by atoms with Crippen molar-refractivity contribution in [2.24, 2.45) is 0 Å². The number of hydrogen-bond donors (Lipinski definition) is 2. The number of piperazine rings is 1. The Morgan fingerprint density at radius 3 is 2.67 bits per heavy atom. The van der Waals surface area contributed by atoms with Crippen LogP contribution in [0.5, 0.6) is 5.75 Å². The van der Waals surface area contributed by atoms with Crippen LogP contribution in [0.4, 0.5) is 0 Å². The molecule has 1 aliphatic heterocycles. The first kappa shape index (κ1) is 15.0. The second-order valence-electron chi connectivity index (χ2n) is 5.54. The Morgan fingerprint density at radius 1 is 1.33 bits per heavy atom. The number of hydrogen-bond acceptors (Lipinski definition) is 4. The molecule has 0 radical (unpaired) electrons. The van der Waals surface area contributed by atoms with Gasteiger partial charge in [-0.2, -0.15) is 0 Å². The summed E-state index contributed by atoms with van der Waals surface area (Å²) in [7, 11) is 0. The molecule has 6 nitrogen and oxygen atoms in total. The van der Waals surface area contributed by atoms with Crippen LogP contribution >= 0.6 is 0 Å². The minimum absolute atomic E-state index is 0.127. The molecule has 6 heteroatoms. The first-order chi connectivity index (χ1) is 9.82. The fourth-order valence-corrected chi connectivity index (χ4v) is 2.28. The van der Waals surface area contributed by atoms with E-state index in [1.807, 2.05) is 0 Å². The number of nitrogens with one attached hydrogen (secondary N) is 1. The lowest BCUT2D eigenvalue weighted by Gasteiger charge is -2.40. The van der Waals surface area contributed by atoms with E-state index in [0.717, 1.165) is 0 Å². The van der Waals surface area contributed by atoms with Gasteiger partial charge < -0.3 is 10.0 Å². The van der Waals surface area contributed by atoms with Gasteiger partial charge in [0.25, 0.3) is 5.91 Å². The third-order valence-corrected chi connectivity index (χ3v) is 3.69. The number of aryl methyl sites for hydroxylation is 1. The molecule has 0 unspecified atom stereocenters. The van der Waals surface area contributed by atoms with Crippen LogP contribution in [0.2, 0.25) is 0 Å². The number of rotatable bonds is 3. The zero-order valence-electron chi connectivity index (χ0n) is 12.0. The summed E-state index contributed by atoms with van der Waals surface area (Å²) in [4.78, 5) is 36.8. The maximum atomic E-state index is 12.3. The lowest BCUT2D eigenvalue weighted by molar-refractivity contribution is -0.155. The SMILES string of the molecule is CC1(C)C(=O)NC(=O)CN1C(=O)CCc1ccccc1O. The Morgan fingerprint density at radius 2 is 2.00 bits per heavy atom. The highest BCUT2D eigenvalue weighted by Gasteiger charge is 2.43. The number of aromatic hydroxyl groups is 1. The quantitative estimate of drug-likeness (QED) is 0.798. The van der Waals surface area contributed by atoms with Gasteiger partial charge in [-0.05, 0) is 31.9 Å².